The SMILES string of the molecule is CN(C)CCCC(=O)OCC1CCC(OC(=O)CCCN(C)C)O1. The maximum atomic E-state index is 11.7. The summed E-state index contributed by atoms with van der Waals surface area (Å²) in [6.45, 7) is 1.95. The highest BCUT2D eigenvalue weighted by Gasteiger charge is 2.28. The standard InChI is InChI=1S/C17H32N2O5/c1-18(2)11-5-7-15(20)22-13-14-9-10-17(23-14)24-16(21)8-6-12-19(3)4/h14,17H,5-13H2,1-4H3. The first-order valence-corrected chi connectivity index (χ1v) is 8.67. The number of carbonyl (C=O) groups excluding carboxylic acids is 2. The molecule has 1 aliphatic heterocycles. The molecule has 7 heteroatoms. The molecule has 7 nitrogen and oxygen atoms in total. The Balaban J connectivity index is 2.10. The number of hydrogen-bond donors (Lipinski definition) is 0. The molecule has 0 N–H and O–H groups in total. The summed E-state index contributed by atoms with van der Waals surface area (Å²) in [7, 11) is 7.88. The lowest BCUT2D eigenvalue weighted by Gasteiger charge is -2.15. The van der Waals surface area contributed by atoms with Gasteiger partial charge in [0.15, 0.2) is 0 Å². The fraction of sp³-hybridized carbons (Fsp3) is 0.882. The van der Waals surface area contributed by atoms with Crippen molar-refractivity contribution in [1.82, 2.24) is 9.80 Å². The highest BCUT2D eigenvalue weighted by atomic mass is 16.7. The minimum atomic E-state index is -0.505. The molecule has 1 heterocycles. The van der Waals surface area contributed by atoms with Crippen molar-refractivity contribution in [3.05, 3.63) is 0 Å². The molecule has 0 saturated carbocycles. The molecule has 0 aliphatic carbocycles. The lowest BCUT2D eigenvalue weighted by atomic mass is 10.2. The van der Waals surface area contributed by atoms with E-state index in [1.165, 1.54) is 0 Å². The Morgan fingerprint density at radius 3 is 2.12 bits per heavy atom. The number of rotatable bonds is 11. The summed E-state index contributed by atoms with van der Waals surface area (Å²) in [5, 5.41) is 0. The van der Waals surface area contributed by atoms with Gasteiger partial charge in [-0.3, -0.25) is 9.59 Å². The summed E-state index contributed by atoms with van der Waals surface area (Å²) >= 11 is 0. The van der Waals surface area contributed by atoms with Crippen molar-refractivity contribution in [2.45, 2.75) is 50.9 Å². The van der Waals surface area contributed by atoms with Crippen molar-refractivity contribution in [3.8, 4) is 0 Å². The van der Waals surface area contributed by atoms with Gasteiger partial charge in [-0.25, -0.2) is 0 Å². The van der Waals surface area contributed by atoms with Crippen LogP contribution in [0.3, 0.4) is 0 Å². The predicted octanol–water partition coefficient (Wildman–Crippen LogP) is 1.26. The molecule has 0 aromatic rings. The topological polar surface area (TPSA) is 68.3 Å². The largest absolute Gasteiger partial charge is 0.463 e. The fourth-order valence-corrected chi connectivity index (χ4v) is 2.42. The normalized spacial score (nSPS) is 20.6. The Hall–Kier alpha value is -1.18. The molecule has 2 atom stereocenters. The van der Waals surface area contributed by atoms with Crippen LogP contribution in [0.5, 0.6) is 0 Å². The number of nitrogens with zero attached hydrogens (tertiary/aromatic N) is 2. The van der Waals surface area contributed by atoms with Gasteiger partial charge in [0, 0.05) is 19.3 Å². The van der Waals surface area contributed by atoms with Crippen LogP contribution < -0.4 is 0 Å². The molecule has 140 valence electrons. The molecule has 0 radical (unpaired) electrons. The van der Waals surface area contributed by atoms with Gasteiger partial charge >= 0.3 is 11.9 Å². The summed E-state index contributed by atoms with van der Waals surface area (Å²) in [4.78, 5) is 27.4. The van der Waals surface area contributed by atoms with Gasteiger partial charge < -0.3 is 24.0 Å². The average molecular weight is 344 g/mol. The van der Waals surface area contributed by atoms with Crippen molar-refractivity contribution < 1.29 is 23.8 Å². The zero-order chi connectivity index (χ0) is 17.9. The number of ether oxygens (including phenoxy) is 3. The first kappa shape index (κ1) is 20.9. The lowest BCUT2D eigenvalue weighted by Crippen LogP contribution is -2.23. The highest BCUT2D eigenvalue weighted by molar-refractivity contribution is 5.69. The van der Waals surface area contributed by atoms with E-state index >= 15 is 0 Å². The van der Waals surface area contributed by atoms with E-state index in [1.54, 1.807) is 0 Å². The van der Waals surface area contributed by atoms with Crippen LogP contribution in [-0.2, 0) is 23.8 Å². The summed E-state index contributed by atoms with van der Waals surface area (Å²) < 4.78 is 16.1. The molecular formula is C17H32N2O5. The van der Waals surface area contributed by atoms with E-state index in [-0.39, 0.29) is 24.6 Å². The van der Waals surface area contributed by atoms with Gasteiger partial charge in [0.25, 0.3) is 0 Å². The monoisotopic (exact) mass is 344 g/mol. The van der Waals surface area contributed by atoms with Gasteiger partial charge in [-0.15, -0.1) is 0 Å². The summed E-state index contributed by atoms with van der Waals surface area (Å²) in [6.07, 6.45) is 3.07. The Morgan fingerprint density at radius 1 is 0.958 bits per heavy atom. The van der Waals surface area contributed by atoms with Crippen molar-refractivity contribution in [1.29, 1.82) is 0 Å². The molecule has 24 heavy (non-hydrogen) atoms. The minimum absolute atomic E-state index is 0.178. The zero-order valence-electron chi connectivity index (χ0n) is 15.5. The molecule has 0 bridgehead atoms. The molecular weight excluding hydrogens is 312 g/mol. The fourth-order valence-electron chi connectivity index (χ4n) is 2.42. The number of hydrogen-bond acceptors (Lipinski definition) is 7. The molecule has 1 saturated heterocycles. The van der Waals surface area contributed by atoms with E-state index in [0.29, 0.717) is 19.3 Å². The average Bonchev–Trinajstić information content (AvgIpc) is 2.91. The van der Waals surface area contributed by atoms with Gasteiger partial charge in [-0.2, -0.15) is 0 Å². The minimum Gasteiger partial charge on any atom is -0.463 e. The summed E-state index contributed by atoms with van der Waals surface area (Å²) in [6, 6.07) is 0. The third-order valence-electron chi connectivity index (χ3n) is 3.73. The first-order chi connectivity index (χ1) is 11.4. The Morgan fingerprint density at radius 2 is 1.54 bits per heavy atom. The maximum Gasteiger partial charge on any atom is 0.308 e. The van der Waals surface area contributed by atoms with E-state index in [0.717, 1.165) is 32.4 Å². The van der Waals surface area contributed by atoms with Crippen LogP contribution in [0.2, 0.25) is 0 Å². The van der Waals surface area contributed by atoms with E-state index < -0.39 is 6.29 Å². The van der Waals surface area contributed by atoms with Crippen LogP contribution in [0.4, 0.5) is 0 Å². The van der Waals surface area contributed by atoms with Crippen LogP contribution in [0.1, 0.15) is 38.5 Å². The van der Waals surface area contributed by atoms with Crippen molar-refractivity contribution in [3.63, 3.8) is 0 Å². The van der Waals surface area contributed by atoms with Crippen LogP contribution in [-0.4, -0.2) is 82.0 Å². The Labute approximate surface area is 145 Å². The van der Waals surface area contributed by atoms with Gasteiger partial charge in [-0.05, 0) is 60.5 Å². The van der Waals surface area contributed by atoms with Gasteiger partial charge in [-0.1, -0.05) is 0 Å². The second-order valence-corrected chi connectivity index (χ2v) is 6.75. The molecule has 2 unspecified atom stereocenters. The second kappa shape index (κ2) is 11.4. The van der Waals surface area contributed by atoms with E-state index in [9.17, 15) is 9.59 Å². The molecule has 1 rings (SSSR count). The molecule has 1 aliphatic rings. The van der Waals surface area contributed by atoms with Crippen molar-refractivity contribution in [2.24, 2.45) is 0 Å². The van der Waals surface area contributed by atoms with Gasteiger partial charge in [0.05, 0.1) is 6.10 Å². The van der Waals surface area contributed by atoms with E-state index in [4.69, 9.17) is 14.2 Å². The summed E-state index contributed by atoms with van der Waals surface area (Å²) in [5.74, 6) is -0.437. The quantitative estimate of drug-likeness (QED) is 0.523. The Kier molecular flexibility index (Phi) is 9.90. The second-order valence-electron chi connectivity index (χ2n) is 6.75. The highest BCUT2D eigenvalue weighted by Crippen LogP contribution is 2.21. The molecule has 0 aromatic heterocycles. The third-order valence-corrected chi connectivity index (χ3v) is 3.73. The van der Waals surface area contributed by atoms with Crippen LogP contribution in [0, 0.1) is 0 Å². The molecule has 1 fully saturated rings. The Bertz CT molecular complexity index is 387. The van der Waals surface area contributed by atoms with Crippen LogP contribution >= 0.6 is 0 Å². The molecule has 0 spiro atoms. The van der Waals surface area contributed by atoms with Gasteiger partial charge in [0.2, 0.25) is 6.29 Å². The summed E-state index contributed by atoms with van der Waals surface area (Å²) in [5.41, 5.74) is 0. The van der Waals surface area contributed by atoms with Gasteiger partial charge in [0.1, 0.15) is 6.61 Å². The zero-order valence-corrected chi connectivity index (χ0v) is 15.5. The van der Waals surface area contributed by atoms with Crippen molar-refractivity contribution in [2.75, 3.05) is 47.9 Å². The van der Waals surface area contributed by atoms with E-state index in [2.05, 4.69) is 0 Å². The van der Waals surface area contributed by atoms with Crippen LogP contribution in [0.25, 0.3) is 0 Å². The number of esters is 2. The first-order valence-electron chi connectivity index (χ1n) is 8.67. The predicted molar refractivity (Wildman–Crippen MR) is 90.5 cm³/mol. The van der Waals surface area contributed by atoms with Crippen molar-refractivity contribution >= 4 is 11.9 Å². The molecule has 0 aromatic carbocycles. The lowest BCUT2D eigenvalue weighted by molar-refractivity contribution is -0.180. The van der Waals surface area contributed by atoms with E-state index in [1.807, 2.05) is 38.0 Å². The maximum absolute atomic E-state index is 11.7. The number of carbonyl (C=O) groups is 2. The van der Waals surface area contributed by atoms with Crippen LogP contribution in [0.15, 0.2) is 0 Å². The molecule has 0 amide bonds. The smallest absolute Gasteiger partial charge is 0.308 e. The third kappa shape index (κ3) is 9.85.